The van der Waals surface area contributed by atoms with Crippen molar-refractivity contribution in [2.45, 2.75) is 18.5 Å². The summed E-state index contributed by atoms with van der Waals surface area (Å²) in [6.07, 6.45) is 6.40. The number of carbonyl (C=O) groups excluding carboxylic acids is 1. The van der Waals surface area contributed by atoms with E-state index in [2.05, 4.69) is 26.3 Å². The van der Waals surface area contributed by atoms with Gasteiger partial charge in [-0.15, -0.1) is 11.8 Å². The predicted molar refractivity (Wildman–Crippen MR) is 113 cm³/mol. The van der Waals surface area contributed by atoms with Gasteiger partial charge in [0.15, 0.2) is 0 Å². The van der Waals surface area contributed by atoms with Crippen molar-refractivity contribution in [1.29, 1.82) is 0 Å². The van der Waals surface area contributed by atoms with E-state index in [9.17, 15) is 4.79 Å². The molecule has 0 bridgehead atoms. The second-order valence-corrected chi connectivity index (χ2v) is 8.25. The van der Waals surface area contributed by atoms with Crippen molar-refractivity contribution in [1.82, 2.24) is 15.3 Å². The van der Waals surface area contributed by atoms with Gasteiger partial charge < -0.3 is 20.9 Å². The molecule has 0 unspecified atom stereocenters. The van der Waals surface area contributed by atoms with Crippen molar-refractivity contribution in [2.24, 2.45) is 5.73 Å². The largest absolute Gasteiger partial charge is 0.347 e. The zero-order valence-electron chi connectivity index (χ0n) is 15.3. The number of thioether (sulfide) groups is 1. The van der Waals surface area contributed by atoms with E-state index in [0.29, 0.717) is 0 Å². The van der Waals surface area contributed by atoms with Gasteiger partial charge in [0.25, 0.3) is 5.91 Å². The topological polar surface area (TPSA) is 87.0 Å². The fraction of sp³-hybridized carbons (Fsp3) is 0.238. The van der Waals surface area contributed by atoms with Crippen molar-refractivity contribution in [3.05, 3.63) is 71.0 Å². The highest BCUT2D eigenvalue weighted by Gasteiger charge is 2.31. The van der Waals surface area contributed by atoms with Crippen LogP contribution in [0.1, 0.15) is 17.2 Å². The molecule has 1 aliphatic carbocycles. The van der Waals surface area contributed by atoms with E-state index >= 15 is 0 Å². The molecular formula is C21H21N5OS. The van der Waals surface area contributed by atoms with Crippen LogP contribution in [0.2, 0.25) is 0 Å². The highest BCUT2D eigenvalue weighted by Crippen LogP contribution is 2.32. The van der Waals surface area contributed by atoms with Gasteiger partial charge in [0.2, 0.25) is 0 Å². The van der Waals surface area contributed by atoms with Crippen molar-refractivity contribution >= 4 is 34.4 Å². The SMILES string of the molecule is N[C@H]1c2ccccc2C[C@@H]1NC(=O)C1=CN(c2ccnc3[nH]ccc23)CCS1. The Morgan fingerprint density at radius 1 is 1.29 bits per heavy atom. The summed E-state index contributed by atoms with van der Waals surface area (Å²) in [4.78, 5) is 23.3. The number of carbonyl (C=O) groups is 1. The third-order valence-electron chi connectivity index (χ3n) is 5.44. The second kappa shape index (κ2) is 7.00. The van der Waals surface area contributed by atoms with Gasteiger partial charge in [0, 0.05) is 36.3 Å². The Kier molecular flexibility index (Phi) is 4.33. The van der Waals surface area contributed by atoms with E-state index in [-0.39, 0.29) is 18.0 Å². The summed E-state index contributed by atoms with van der Waals surface area (Å²) in [5, 5.41) is 4.21. The first kappa shape index (κ1) is 17.3. The van der Waals surface area contributed by atoms with Crippen LogP contribution in [-0.4, -0.2) is 34.2 Å². The Morgan fingerprint density at radius 3 is 3.07 bits per heavy atom. The zero-order chi connectivity index (χ0) is 19.1. The number of rotatable bonds is 3. The third kappa shape index (κ3) is 2.96. The number of H-pyrrole nitrogens is 1. The average molecular weight is 392 g/mol. The summed E-state index contributed by atoms with van der Waals surface area (Å²) in [6.45, 7) is 0.847. The number of nitrogens with one attached hydrogen (secondary N) is 2. The van der Waals surface area contributed by atoms with Crippen LogP contribution in [0.3, 0.4) is 0 Å². The quantitative estimate of drug-likeness (QED) is 0.639. The van der Waals surface area contributed by atoms with E-state index in [4.69, 9.17) is 5.73 Å². The summed E-state index contributed by atoms with van der Waals surface area (Å²) >= 11 is 1.59. The third-order valence-corrected chi connectivity index (χ3v) is 6.43. The Bertz CT molecular complexity index is 1080. The van der Waals surface area contributed by atoms with E-state index in [1.165, 1.54) is 5.56 Å². The highest BCUT2D eigenvalue weighted by atomic mass is 32.2. The number of anilines is 1. The molecular weight excluding hydrogens is 370 g/mol. The van der Waals surface area contributed by atoms with Crippen LogP contribution in [0.4, 0.5) is 5.69 Å². The molecule has 0 spiro atoms. The molecule has 4 N–H and O–H groups in total. The van der Waals surface area contributed by atoms with Crippen LogP contribution in [-0.2, 0) is 11.2 Å². The molecule has 5 rings (SSSR count). The highest BCUT2D eigenvalue weighted by molar-refractivity contribution is 8.04. The van der Waals surface area contributed by atoms with E-state index < -0.39 is 0 Å². The second-order valence-electron chi connectivity index (χ2n) is 7.11. The van der Waals surface area contributed by atoms with Crippen molar-refractivity contribution in [3.63, 3.8) is 0 Å². The Hall–Kier alpha value is -2.77. The molecule has 0 saturated heterocycles. The lowest BCUT2D eigenvalue weighted by Crippen LogP contribution is -2.42. The number of nitrogens with zero attached hydrogens (tertiary/aromatic N) is 2. The number of aromatic nitrogens is 2. The fourth-order valence-corrected chi connectivity index (χ4v) is 4.91. The molecule has 1 aromatic carbocycles. The molecule has 3 aromatic rings. The number of amides is 1. The molecule has 1 aliphatic heterocycles. The minimum Gasteiger partial charge on any atom is -0.347 e. The minimum absolute atomic E-state index is 0.0534. The van der Waals surface area contributed by atoms with Crippen molar-refractivity contribution in [3.8, 4) is 0 Å². The molecule has 142 valence electrons. The van der Waals surface area contributed by atoms with E-state index in [1.807, 2.05) is 42.7 Å². The van der Waals surface area contributed by atoms with Crippen LogP contribution in [0.5, 0.6) is 0 Å². The number of nitrogens with two attached hydrogens (primary N) is 1. The molecule has 3 heterocycles. The Balaban J connectivity index is 1.36. The molecule has 0 saturated carbocycles. The molecule has 2 atom stereocenters. The normalized spacial score (nSPS) is 21.5. The summed E-state index contributed by atoms with van der Waals surface area (Å²) in [6, 6.07) is 11.9. The molecule has 0 radical (unpaired) electrons. The molecule has 2 aromatic heterocycles. The van der Waals surface area contributed by atoms with Crippen LogP contribution < -0.4 is 16.0 Å². The molecule has 7 heteroatoms. The fourth-order valence-electron chi connectivity index (χ4n) is 4.01. The lowest BCUT2D eigenvalue weighted by Gasteiger charge is -2.27. The first-order chi connectivity index (χ1) is 13.7. The Labute approximate surface area is 167 Å². The van der Waals surface area contributed by atoms with Gasteiger partial charge >= 0.3 is 0 Å². The van der Waals surface area contributed by atoms with Gasteiger partial charge in [0.05, 0.1) is 22.7 Å². The van der Waals surface area contributed by atoms with Gasteiger partial charge in [-0.25, -0.2) is 4.98 Å². The number of pyridine rings is 1. The van der Waals surface area contributed by atoms with E-state index in [1.54, 1.807) is 18.0 Å². The van der Waals surface area contributed by atoms with Crippen LogP contribution >= 0.6 is 11.8 Å². The minimum atomic E-state index is -0.162. The summed E-state index contributed by atoms with van der Waals surface area (Å²) in [7, 11) is 0. The number of hydrogen-bond acceptors (Lipinski definition) is 5. The first-order valence-electron chi connectivity index (χ1n) is 9.38. The average Bonchev–Trinajstić information content (AvgIpc) is 3.33. The summed E-state index contributed by atoms with van der Waals surface area (Å²) in [5.41, 5.74) is 10.6. The van der Waals surface area contributed by atoms with Gasteiger partial charge in [0.1, 0.15) is 5.65 Å². The zero-order valence-corrected chi connectivity index (χ0v) is 16.1. The smallest absolute Gasteiger partial charge is 0.259 e. The number of fused-ring (bicyclic) bond motifs is 2. The number of hydrogen-bond donors (Lipinski definition) is 3. The van der Waals surface area contributed by atoms with Gasteiger partial charge in [-0.2, -0.15) is 0 Å². The molecule has 0 fully saturated rings. The molecule has 6 nitrogen and oxygen atoms in total. The predicted octanol–water partition coefficient (Wildman–Crippen LogP) is 2.70. The summed E-state index contributed by atoms with van der Waals surface area (Å²) in [5.74, 6) is 0.798. The van der Waals surface area contributed by atoms with Gasteiger partial charge in [-0.3, -0.25) is 4.79 Å². The van der Waals surface area contributed by atoms with Crippen LogP contribution in [0.25, 0.3) is 11.0 Å². The Morgan fingerprint density at radius 2 is 2.18 bits per heavy atom. The van der Waals surface area contributed by atoms with Crippen LogP contribution in [0, 0.1) is 0 Å². The molecule has 28 heavy (non-hydrogen) atoms. The lowest BCUT2D eigenvalue weighted by molar-refractivity contribution is -0.117. The molecule has 1 amide bonds. The molecule has 2 aliphatic rings. The maximum atomic E-state index is 12.9. The maximum absolute atomic E-state index is 12.9. The van der Waals surface area contributed by atoms with Crippen molar-refractivity contribution < 1.29 is 4.79 Å². The maximum Gasteiger partial charge on any atom is 0.259 e. The van der Waals surface area contributed by atoms with Crippen LogP contribution in [0.15, 0.2) is 59.9 Å². The van der Waals surface area contributed by atoms with E-state index in [0.717, 1.165) is 45.9 Å². The van der Waals surface area contributed by atoms with Crippen molar-refractivity contribution in [2.75, 3.05) is 17.2 Å². The standard InChI is InChI=1S/C21H21N5OS/c22-19-14-4-2-1-3-13(14)11-16(19)25-21(27)18-12-26(9-10-28-18)17-6-8-24-20-15(17)5-7-23-20/h1-8,12,16,19H,9-11,22H2,(H,23,24)(H,25,27)/t16-,19-/m0/s1. The first-order valence-corrected chi connectivity index (χ1v) is 10.4. The number of aromatic amines is 1. The van der Waals surface area contributed by atoms with Gasteiger partial charge in [-0.05, 0) is 29.7 Å². The van der Waals surface area contributed by atoms with Gasteiger partial charge in [-0.1, -0.05) is 24.3 Å². The summed E-state index contributed by atoms with van der Waals surface area (Å²) < 4.78 is 0. The monoisotopic (exact) mass is 391 g/mol. The lowest BCUT2D eigenvalue weighted by atomic mass is 10.1. The number of benzene rings is 1.